The lowest BCUT2D eigenvalue weighted by Crippen LogP contribution is -2.00. The van der Waals surface area contributed by atoms with Gasteiger partial charge in [-0.3, -0.25) is 10.1 Å². The first-order valence-corrected chi connectivity index (χ1v) is 9.53. The fourth-order valence-electron chi connectivity index (χ4n) is 3.81. The number of nitrogens with zero attached hydrogens (tertiary/aromatic N) is 3. The quantitative estimate of drug-likeness (QED) is 0.235. The summed E-state index contributed by atoms with van der Waals surface area (Å²) in [5.74, 6) is 0. The number of benzene rings is 3. The number of nitriles is 1. The predicted molar refractivity (Wildman–Crippen MR) is 119 cm³/mol. The van der Waals surface area contributed by atoms with Crippen LogP contribution in [0.15, 0.2) is 72.8 Å². The molecule has 0 saturated carbocycles. The minimum Gasteiger partial charge on any atom is -0.317 e. The molecule has 0 radical (unpaired) electrons. The number of nitro groups is 1. The van der Waals surface area contributed by atoms with Gasteiger partial charge in [0.05, 0.1) is 22.3 Å². The summed E-state index contributed by atoms with van der Waals surface area (Å²) in [4.78, 5) is 10.4. The second-order valence-electron chi connectivity index (χ2n) is 7.13. The Morgan fingerprint density at radius 1 is 1.03 bits per heavy atom. The van der Waals surface area contributed by atoms with E-state index in [1.807, 2.05) is 38.1 Å². The van der Waals surface area contributed by atoms with Crippen molar-refractivity contribution < 1.29 is 4.92 Å². The molecule has 0 spiro atoms. The Balaban J connectivity index is 1.81. The van der Waals surface area contributed by atoms with Gasteiger partial charge in [0.1, 0.15) is 0 Å². The Morgan fingerprint density at radius 2 is 1.73 bits per heavy atom. The van der Waals surface area contributed by atoms with Crippen molar-refractivity contribution in [1.82, 2.24) is 4.57 Å². The Labute approximate surface area is 174 Å². The van der Waals surface area contributed by atoms with Crippen LogP contribution in [0.4, 0.5) is 5.69 Å². The van der Waals surface area contributed by atoms with Crippen LogP contribution in [0.5, 0.6) is 0 Å². The van der Waals surface area contributed by atoms with Gasteiger partial charge in [0.2, 0.25) is 0 Å². The summed E-state index contributed by atoms with van der Waals surface area (Å²) >= 11 is 0. The molecule has 0 N–H and O–H groups in total. The fraction of sp³-hybridized carbons (Fsp3) is 0.0800. The first-order valence-electron chi connectivity index (χ1n) is 9.53. The molecule has 1 heterocycles. The normalized spacial score (nSPS) is 11.4. The van der Waals surface area contributed by atoms with Crippen molar-refractivity contribution in [1.29, 1.82) is 5.26 Å². The zero-order valence-corrected chi connectivity index (χ0v) is 16.7. The van der Waals surface area contributed by atoms with Gasteiger partial charge in [0.25, 0.3) is 5.69 Å². The number of aryl methyl sites for hydroxylation is 1. The zero-order valence-electron chi connectivity index (χ0n) is 16.7. The average molecular weight is 393 g/mol. The summed E-state index contributed by atoms with van der Waals surface area (Å²) in [5, 5.41) is 22.9. The summed E-state index contributed by atoms with van der Waals surface area (Å²) in [6, 6.07) is 24.8. The standard InChI is InChI=1S/C25H19N3O2/c1-17-14-21(15-22(16-26)19-10-12-23(13-11-19)28(29)30)18(2)27(17)25-9-5-7-20-6-3-4-8-24(20)25/h3-15H,1-2H3/b22-15-. The number of allylic oxidation sites excluding steroid dienone is 1. The van der Waals surface area contributed by atoms with Crippen molar-refractivity contribution in [3.63, 3.8) is 0 Å². The Hall–Kier alpha value is -4.17. The summed E-state index contributed by atoms with van der Waals surface area (Å²) in [7, 11) is 0. The van der Waals surface area contributed by atoms with Crippen molar-refractivity contribution in [3.8, 4) is 11.8 Å². The molecule has 0 bridgehead atoms. The van der Waals surface area contributed by atoms with Gasteiger partial charge in [-0.25, -0.2) is 0 Å². The van der Waals surface area contributed by atoms with E-state index < -0.39 is 4.92 Å². The lowest BCUT2D eigenvalue weighted by molar-refractivity contribution is -0.384. The minimum absolute atomic E-state index is 0.00479. The smallest absolute Gasteiger partial charge is 0.269 e. The van der Waals surface area contributed by atoms with Crippen molar-refractivity contribution in [2.45, 2.75) is 13.8 Å². The molecule has 0 aliphatic carbocycles. The van der Waals surface area contributed by atoms with E-state index in [4.69, 9.17) is 0 Å². The lowest BCUT2D eigenvalue weighted by atomic mass is 10.0. The third-order valence-corrected chi connectivity index (χ3v) is 5.29. The Morgan fingerprint density at radius 3 is 2.43 bits per heavy atom. The number of aromatic nitrogens is 1. The van der Waals surface area contributed by atoms with E-state index in [1.165, 1.54) is 17.5 Å². The third kappa shape index (κ3) is 3.36. The van der Waals surface area contributed by atoms with Crippen LogP contribution < -0.4 is 0 Å². The van der Waals surface area contributed by atoms with Crippen LogP contribution in [0, 0.1) is 35.3 Å². The Bertz CT molecular complexity index is 1330. The molecule has 5 nitrogen and oxygen atoms in total. The van der Waals surface area contributed by atoms with Gasteiger partial charge in [-0.15, -0.1) is 0 Å². The van der Waals surface area contributed by atoms with Crippen LogP contribution >= 0.6 is 0 Å². The summed E-state index contributed by atoms with van der Waals surface area (Å²) in [6.07, 6.45) is 1.84. The van der Waals surface area contributed by atoms with Crippen LogP contribution in [0.1, 0.15) is 22.5 Å². The van der Waals surface area contributed by atoms with Gasteiger partial charge in [0, 0.05) is 28.9 Å². The fourth-order valence-corrected chi connectivity index (χ4v) is 3.81. The molecule has 0 amide bonds. The van der Waals surface area contributed by atoms with Crippen molar-refractivity contribution in [3.05, 3.63) is 105 Å². The maximum absolute atomic E-state index is 10.9. The van der Waals surface area contributed by atoms with Gasteiger partial charge < -0.3 is 4.57 Å². The van der Waals surface area contributed by atoms with Gasteiger partial charge >= 0.3 is 0 Å². The molecule has 5 heteroatoms. The van der Waals surface area contributed by atoms with E-state index in [2.05, 4.69) is 41.0 Å². The van der Waals surface area contributed by atoms with Crippen LogP contribution in [-0.2, 0) is 0 Å². The van der Waals surface area contributed by atoms with Crippen LogP contribution in [0.3, 0.4) is 0 Å². The minimum atomic E-state index is -0.447. The maximum atomic E-state index is 10.9. The SMILES string of the molecule is Cc1cc(/C=C(/C#N)c2ccc([N+](=O)[O-])cc2)c(C)n1-c1cccc2ccccc12. The number of non-ortho nitro benzene ring substituents is 1. The van der Waals surface area contributed by atoms with Gasteiger partial charge in [-0.1, -0.05) is 36.4 Å². The zero-order chi connectivity index (χ0) is 21.3. The topological polar surface area (TPSA) is 71.9 Å². The summed E-state index contributed by atoms with van der Waals surface area (Å²) in [6.45, 7) is 4.08. The molecule has 0 aliphatic rings. The van der Waals surface area contributed by atoms with E-state index >= 15 is 0 Å². The first-order chi connectivity index (χ1) is 14.5. The molecule has 0 unspecified atom stereocenters. The van der Waals surface area contributed by atoms with E-state index in [-0.39, 0.29) is 5.69 Å². The highest BCUT2D eigenvalue weighted by atomic mass is 16.6. The van der Waals surface area contributed by atoms with E-state index in [9.17, 15) is 15.4 Å². The summed E-state index contributed by atoms with van der Waals surface area (Å²) in [5.41, 5.74) is 5.24. The number of hydrogen-bond donors (Lipinski definition) is 0. The second-order valence-corrected chi connectivity index (χ2v) is 7.13. The maximum Gasteiger partial charge on any atom is 0.269 e. The molecule has 3 aromatic carbocycles. The van der Waals surface area contributed by atoms with Crippen molar-refractivity contribution in [2.24, 2.45) is 0 Å². The highest BCUT2D eigenvalue weighted by molar-refractivity contribution is 5.92. The number of nitro benzene ring substituents is 1. The van der Waals surface area contributed by atoms with Crippen molar-refractivity contribution in [2.75, 3.05) is 0 Å². The summed E-state index contributed by atoms with van der Waals surface area (Å²) < 4.78 is 2.19. The van der Waals surface area contributed by atoms with Gasteiger partial charge in [0.15, 0.2) is 0 Å². The van der Waals surface area contributed by atoms with Crippen LogP contribution in [0.2, 0.25) is 0 Å². The molecular formula is C25H19N3O2. The largest absolute Gasteiger partial charge is 0.317 e. The molecule has 30 heavy (non-hydrogen) atoms. The molecule has 0 fully saturated rings. The Kier molecular flexibility index (Phi) is 4.91. The molecule has 4 rings (SSSR count). The van der Waals surface area contributed by atoms with Gasteiger partial charge in [-0.2, -0.15) is 5.26 Å². The average Bonchev–Trinajstić information content (AvgIpc) is 3.04. The molecule has 0 saturated heterocycles. The molecule has 0 atom stereocenters. The third-order valence-electron chi connectivity index (χ3n) is 5.29. The molecular weight excluding hydrogens is 374 g/mol. The molecule has 4 aromatic rings. The van der Waals surface area contributed by atoms with Crippen LogP contribution in [-0.4, -0.2) is 9.49 Å². The second kappa shape index (κ2) is 7.69. The number of fused-ring (bicyclic) bond motifs is 1. The lowest BCUT2D eigenvalue weighted by Gasteiger charge is -2.13. The van der Waals surface area contributed by atoms with E-state index in [1.54, 1.807) is 12.1 Å². The first kappa shape index (κ1) is 19.2. The molecule has 0 aliphatic heterocycles. The predicted octanol–water partition coefficient (Wildman–Crippen LogP) is 6.22. The monoisotopic (exact) mass is 393 g/mol. The number of rotatable bonds is 4. The molecule has 146 valence electrons. The van der Waals surface area contributed by atoms with E-state index in [0.717, 1.165) is 28.0 Å². The van der Waals surface area contributed by atoms with Crippen LogP contribution in [0.25, 0.3) is 28.1 Å². The molecule has 1 aromatic heterocycles. The van der Waals surface area contributed by atoms with E-state index in [0.29, 0.717) is 11.1 Å². The highest BCUT2D eigenvalue weighted by Gasteiger charge is 2.13. The van der Waals surface area contributed by atoms with Gasteiger partial charge in [-0.05, 0) is 60.7 Å². The number of hydrogen-bond acceptors (Lipinski definition) is 3. The van der Waals surface area contributed by atoms with Crippen molar-refractivity contribution >= 4 is 28.1 Å². The highest BCUT2D eigenvalue weighted by Crippen LogP contribution is 2.29.